The van der Waals surface area contributed by atoms with Crippen LogP contribution in [0.3, 0.4) is 0 Å². The van der Waals surface area contributed by atoms with Gasteiger partial charge >= 0.3 is 0 Å². The van der Waals surface area contributed by atoms with Crippen molar-refractivity contribution in [2.75, 3.05) is 6.54 Å². The Hall–Kier alpha value is -0.890. The number of pyridine rings is 1. The van der Waals surface area contributed by atoms with Crippen LogP contribution in [0.25, 0.3) is 0 Å². The predicted octanol–water partition coefficient (Wildman–Crippen LogP) is 3.87. The Bertz CT molecular complexity index is 356. The lowest BCUT2D eigenvalue weighted by atomic mass is 9.91. The maximum Gasteiger partial charge on any atom is 0.0326 e. The second kappa shape index (κ2) is 6.89. The normalized spacial score (nSPS) is 18.1. The SMILES string of the molecule is CCNC(CC1CCCC1)c1ccncc1CC. The Morgan fingerprint density at radius 3 is 2.78 bits per heavy atom. The molecule has 1 aromatic heterocycles. The molecule has 100 valence electrons. The van der Waals surface area contributed by atoms with Crippen LogP contribution in [0.15, 0.2) is 18.5 Å². The molecule has 2 rings (SSSR count). The zero-order valence-corrected chi connectivity index (χ0v) is 11.8. The molecule has 1 atom stereocenters. The Balaban J connectivity index is 2.11. The van der Waals surface area contributed by atoms with Crippen LogP contribution in [0.4, 0.5) is 0 Å². The van der Waals surface area contributed by atoms with Gasteiger partial charge < -0.3 is 5.32 Å². The molecule has 2 heteroatoms. The summed E-state index contributed by atoms with van der Waals surface area (Å²) in [6.45, 7) is 5.47. The average molecular weight is 246 g/mol. The third-order valence-corrected chi connectivity index (χ3v) is 4.19. The van der Waals surface area contributed by atoms with Crippen LogP contribution in [0.5, 0.6) is 0 Å². The van der Waals surface area contributed by atoms with Crippen molar-refractivity contribution in [3.63, 3.8) is 0 Å². The minimum atomic E-state index is 0.524. The number of hydrogen-bond donors (Lipinski definition) is 1. The van der Waals surface area contributed by atoms with Crippen LogP contribution in [0, 0.1) is 5.92 Å². The highest BCUT2D eigenvalue weighted by molar-refractivity contribution is 5.26. The number of aromatic nitrogens is 1. The molecule has 0 spiro atoms. The highest BCUT2D eigenvalue weighted by Gasteiger charge is 2.22. The molecule has 0 aliphatic heterocycles. The number of rotatable bonds is 6. The maximum absolute atomic E-state index is 4.26. The molecule has 0 radical (unpaired) electrons. The van der Waals surface area contributed by atoms with Gasteiger partial charge in [-0.05, 0) is 42.5 Å². The van der Waals surface area contributed by atoms with Crippen LogP contribution in [0.2, 0.25) is 0 Å². The summed E-state index contributed by atoms with van der Waals surface area (Å²) in [5.41, 5.74) is 2.88. The van der Waals surface area contributed by atoms with Gasteiger partial charge in [0.15, 0.2) is 0 Å². The van der Waals surface area contributed by atoms with Gasteiger partial charge in [-0.3, -0.25) is 4.98 Å². The van der Waals surface area contributed by atoms with Crippen LogP contribution < -0.4 is 5.32 Å². The Morgan fingerprint density at radius 2 is 2.11 bits per heavy atom. The van der Waals surface area contributed by atoms with Gasteiger partial charge in [0.05, 0.1) is 0 Å². The number of nitrogens with zero attached hydrogens (tertiary/aromatic N) is 1. The minimum absolute atomic E-state index is 0.524. The highest BCUT2D eigenvalue weighted by atomic mass is 14.9. The van der Waals surface area contributed by atoms with E-state index < -0.39 is 0 Å². The van der Waals surface area contributed by atoms with Gasteiger partial charge in [0.1, 0.15) is 0 Å². The summed E-state index contributed by atoms with van der Waals surface area (Å²) in [6, 6.07) is 2.73. The highest BCUT2D eigenvalue weighted by Crippen LogP contribution is 2.33. The summed E-state index contributed by atoms with van der Waals surface area (Å²) < 4.78 is 0. The zero-order chi connectivity index (χ0) is 12.8. The van der Waals surface area contributed by atoms with E-state index in [9.17, 15) is 0 Å². The van der Waals surface area contributed by atoms with E-state index in [0.717, 1.165) is 18.9 Å². The van der Waals surface area contributed by atoms with Gasteiger partial charge in [0, 0.05) is 18.4 Å². The van der Waals surface area contributed by atoms with Crippen LogP contribution in [-0.2, 0) is 6.42 Å². The smallest absolute Gasteiger partial charge is 0.0326 e. The first kappa shape index (κ1) is 13.5. The molecule has 18 heavy (non-hydrogen) atoms. The summed E-state index contributed by atoms with van der Waals surface area (Å²) in [4.78, 5) is 4.26. The lowest BCUT2D eigenvalue weighted by molar-refractivity contribution is 0.399. The largest absolute Gasteiger partial charge is 0.310 e. The first-order chi connectivity index (χ1) is 8.85. The van der Waals surface area contributed by atoms with Gasteiger partial charge in [-0.15, -0.1) is 0 Å². The average Bonchev–Trinajstić information content (AvgIpc) is 2.91. The third kappa shape index (κ3) is 3.32. The molecule has 1 heterocycles. The van der Waals surface area contributed by atoms with Crippen molar-refractivity contribution in [3.8, 4) is 0 Å². The van der Waals surface area contributed by atoms with Crippen LogP contribution >= 0.6 is 0 Å². The lowest BCUT2D eigenvalue weighted by Crippen LogP contribution is -2.24. The molecule has 1 aliphatic rings. The lowest BCUT2D eigenvalue weighted by Gasteiger charge is -2.23. The zero-order valence-electron chi connectivity index (χ0n) is 11.8. The number of hydrogen-bond acceptors (Lipinski definition) is 2. The molecule has 1 aliphatic carbocycles. The van der Waals surface area contributed by atoms with E-state index in [0.29, 0.717) is 6.04 Å². The fraction of sp³-hybridized carbons (Fsp3) is 0.688. The predicted molar refractivity (Wildman–Crippen MR) is 76.6 cm³/mol. The van der Waals surface area contributed by atoms with Crippen molar-refractivity contribution >= 4 is 0 Å². The Labute approximate surface area is 111 Å². The Kier molecular flexibility index (Phi) is 5.18. The quantitative estimate of drug-likeness (QED) is 0.824. The second-order valence-corrected chi connectivity index (χ2v) is 5.42. The number of nitrogens with one attached hydrogen (secondary N) is 1. The molecule has 0 saturated heterocycles. The van der Waals surface area contributed by atoms with Crippen LogP contribution in [-0.4, -0.2) is 11.5 Å². The van der Waals surface area contributed by atoms with Crippen molar-refractivity contribution in [1.29, 1.82) is 0 Å². The molecule has 0 bridgehead atoms. The van der Waals surface area contributed by atoms with Gasteiger partial charge in [-0.25, -0.2) is 0 Å². The van der Waals surface area contributed by atoms with Crippen LogP contribution in [0.1, 0.15) is 63.1 Å². The van der Waals surface area contributed by atoms with E-state index in [-0.39, 0.29) is 0 Å². The van der Waals surface area contributed by atoms with Gasteiger partial charge in [0.25, 0.3) is 0 Å². The summed E-state index contributed by atoms with van der Waals surface area (Å²) in [7, 11) is 0. The van der Waals surface area contributed by atoms with E-state index in [2.05, 4.69) is 30.2 Å². The van der Waals surface area contributed by atoms with E-state index in [1.165, 1.54) is 43.2 Å². The second-order valence-electron chi connectivity index (χ2n) is 5.42. The molecule has 1 N–H and O–H groups in total. The van der Waals surface area contributed by atoms with E-state index in [4.69, 9.17) is 0 Å². The van der Waals surface area contributed by atoms with Crippen molar-refractivity contribution in [2.24, 2.45) is 5.92 Å². The molecule has 0 amide bonds. The topological polar surface area (TPSA) is 24.9 Å². The fourth-order valence-corrected chi connectivity index (χ4v) is 3.22. The molecule has 1 unspecified atom stereocenters. The van der Waals surface area contributed by atoms with Gasteiger partial charge in [-0.2, -0.15) is 0 Å². The molecule has 1 fully saturated rings. The summed E-state index contributed by atoms with van der Waals surface area (Å²) >= 11 is 0. The monoisotopic (exact) mass is 246 g/mol. The summed E-state index contributed by atoms with van der Waals surface area (Å²) in [5.74, 6) is 0.923. The molecule has 1 saturated carbocycles. The summed E-state index contributed by atoms with van der Waals surface area (Å²) in [6.07, 6.45) is 12.1. The molecule has 2 nitrogen and oxygen atoms in total. The molecular formula is C16H26N2. The molecule has 0 aromatic carbocycles. The standard InChI is InChI=1S/C16H26N2/c1-3-14-12-17-10-9-15(14)16(18-4-2)11-13-7-5-6-8-13/h9-10,12-13,16,18H,3-8,11H2,1-2H3. The van der Waals surface area contributed by atoms with Crippen molar-refractivity contribution in [1.82, 2.24) is 10.3 Å². The summed E-state index contributed by atoms with van der Waals surface area (Å²) in [5, 5.41) is 3.67. The van der Waals surface area contributed by atoms with E-state index in [1.807, 2.05) is 12.4 Å². The number of aryl methyl sites for hydroxylation is 1. The first-order valence-electron chi connectivity index (χ1n) is 7.51. The van der Waals surface area contributed by atoms with Crippen molar-refractivity contribution in [3.05, 3.63) is 29.6 Å². The van der Waals surface area contributed by atoms with Gasteiger partial charge in [-0.1, -0.05) is 39.5 Å². The van der Waals surface area contributed by atoms with E-state index >= 15 is 0 Å². The first-order valence-corrected chi connectivity index (χ1v) is 7.51. The maximum atomic E-state index is 4.26. The third-order valence-electron chi connectivity index (χ3n) is 4.19. The van der Waals surface area contributed by atoms with Crippen molar-refractivity contribution in [2.45, 2.75) is 58.4 Å². The molecule has 1 aromatic rings. The van der Waals surface area contributed by atoms with E-state index in [1.54, 1.807) is 0 Å². The van der Waals surface area contributed by atoms with Gasteiger partial charge in [0.2, 0.25) is 0 Å². The fourth-order valence-electron chi connectivity index (χ4n) is 3.22. The Morgan fingerprint density at radius 1 is 1.33 bits per heavy atom. The minimum Gasteiger partial charge on any atom is -0.310 e. The molecular weight excluding hydrogens is 220 g/mol. The van der Waals surface area contributed by atoms with Crippen molar-refractivity contribution < 1.29 is 0 Å².